The predicted octanol–water partition coefficient (Wildman–Crippen LogP) is 2.02. The Morgan fingerprint density at radius 1 is 1.58 bits per heavy atom. The number of hydrogen-bond acceptors (Lipinski definition) is 3. The lowest BCUT2D eigenvalue weighted by atomic mass is 10.1. The van der Waals surface area contributed by atoms with Gasteiger partial charge in [-0.05, 0) is 43.7 Å². The molecular formula is C15H17NO2S. The number of amides is 1. The zero-order valence-electron chi connectivity index (χ0n) is 11.0. The summed E-state index contributed by atoms with van der Waals surface area (Å²) in [6.45, 7) is 2.75. The third-order valence-electron chi connectivity index (χ3n) is 4.08. The minimum atomic E-state index is -0.142. The number of nitrogens with zero attached hydrogens (tertiary/aromatic N) is 1. The normalized spacial score (nSPS) is 24.4. The second kappa shape index (κ2) is 4.99. The zero-order valence-corrected chi connectivity index (χ0v) is 11.8. The van der Waals surface area contributed by atoms with Crippen LogP contribution in [0.3, 0.4) is 0 Å². The summed E-state index contributed by atoms with van der Waals surface area (Å²) in [4.78, 5) is 16.2. The van der Waals surface area contributed by atoms with Gasteiger partial charge in [0.05, 0.1) is 9.75 Å². The predicted molar refractivity (Wildman–Crippen MR) is 75.2 cm³/mol. The van der Waals surface area contributed by atoms with Crippen LogP contribution in [0.1, 0.15) is 39.4 Å². The lowest BCUT2D eigenvalue weighted by molar-refractivity contribution is 0.0708. The Hall–Kier alpha value is -1.31. The lowest BCUT2D eigenvalue weighted by Gasteiger charge is -2.26. The van der Waals surface area contributed by atoms with Crippen LogP contribution in [0.25, 0.3) is 0 Å². The number of aryl methyl sites for hydroxylation is 1. The molecule has 1 aromatic rings. The summed E-state index contributed by atoms with van der Waals surface area (Å²) in [6.07, 6.45) is 3.64. The van der Waals surface area contributed by atoms with Gasteiger partial charge in [0.15, 0.2) is 0 Å². The average molecular weight is 275 g/mol. The van der Waals surface area contributed by atoms with Gasteiger partial charge in [-0.15, -0.1) is 11.3 Å². The average Bonchev–Trinajstić information content (AvgIpc) is 3.10. The van der Waals surface area contributed by atoms with E-state index >= 15 is 0 Å². The molecule has 19 heavy (non-hydrogen) atoms. The van der Waals surface area contributed by atoms with Crippen molar-refractivity contribution < 1.29 is 9.90 Å². The van der Waals surface area contributed by atoms with Crippen molar-refractivity contribution in [1.29, 1.82) is 0 Å². The Morgan fingerprint density at radius 3 is 3.05 bits per heavy atom. The van der Waals surface area contributed by atoms with Crippen LogP contribution >= 0.6 is 11.3 Å². The van der Waals surface area contributed by atoms with Gasteiger partial charge >= 0.3 is 0 Å². The van der Waals surface area contributed by atoms with Crippen LogP contribution in [0.5, 0.6) is 0 Å². The molecule has 1 saturated heterocycles. The van der Waals surface area contributed by atoms with Gasteiger partial charge in [0.25, 0.3) is 5.91 Å². The van der Waals surface area contributed by atoms with E-state index in [1.54, 1.807) is 0 Å². The van der Waals surface area contributed by atoms with Gasteiger partial charge in [-0.25, -0.2) is 0 Å². The van der Waals surface area contributed by atoms with Crippen LogP contribution in [-0.4, -0.2) is 35.1 Å². The monoisotopic (exact) mass is 275 g/mol. The molecule has 2 fully saturated rings. The Morgan fingerprint density at radius 2 is 2.42 bits per heavy atom. The van der Waals surface area contributed by atoms with E-state index in [0.29, 0.717) is 6.04 Å². The van der Waals surface area contributed by atoms with Crippen molar-refractivity contribution in [2.45, 2.75) is 32.2 Å². The van der Waals surface area contributed by atoms with Gasteiger partial charge in [0, 0.05) is 12.6 Å². The van der Waals surface area contributed by atoms with E-state index in [4.69, 9.17) is 5.11 Å². The van der Waals surface area contributed by atoms with Crippen LogP contribution in [-0.2, 0) is 0 Å². The van der Waals surface area contributed by atoms with Gasteiger partial charge in [-0.3, -0.25) is 4.79 Å². The van der Waals surface area contributed by atoms with Crippen molar-refractivity contribution in [2.24, 2.45) is 5.92 Å². The smallest absolute Gasteiger partial charge is 0.264 e. The highest BCUT2D eigenvalue weighted by Crippen LogP contribution is 2.38. The Labute approximate surface area is 117 Å². The fraction of sp³-hybridized carbons (Fsp3) is 0.533. The molecule has 0 radical (unpaired) electrons. The Bertz CT molecular complexity index is 566. The number of aliphatic hydroxyl groups is 1. The SMILES string of the molecule is Cc1cc(C(=O)N2CC3CCC2C3)sc1C#CCO. The molecule has 1 aliphatic carbocycles. The first-order valence-electron chi connectivity index (χ1n) is 6.70. The largest absolute Gasteiger partial charge is 0.384 e. The quantitative estimate of drug-likeness (QED) is 0.797. The van der Waals surface area contributed by atoms with Crippen molar-refractivity contribution >= 4 is 17.2 Å². The number of carbonyl (C=O) groups is 1. The molecule has 1 saturated carbocycles. The highest BCUT2D eigenvalue weighted by atomic mass is 32.1. The fourth-order valence-electron chi connectivity index (χ4n) is 3.15. The van der Waals surface area contributed by atoms with Gasteiger partial charge in [-0.1, -0.05) is 11.8 Å². The molecule has 2 heterocycles. The highest BCUT2D eigenvalue weighted by molar-refractivity contribution is 7.14. The first kappa shape index (κ1) is 12.7. The molecule has 0 spiro atoms. The lowest BCUT2D eigenvalue weighted by Crippen LogP contribution is -2.37. The van der Waals surface area contributed by atoms with Gasteiger partial charge in [-0.2, -0.15) is 0 Å². The highest BCUT2D eigenvalue weighted by Gasteiger charge is 2.40. The van der Waals surface area contributed by atoms with E-state index < -0.39 is 0 Å². The van der Waals surface area contributed by atoms with Gasteiger partial charge < -0.3 is 10.0 Å². The van der Waals surface area contributed by atoms with E-state index in [0.717, 1.165) is 34.2 Å². The van der Waals surface area contributed by atoms with Crippen molar-refractivity contribution in [3.8, 4) is 11.8 Å². The molecule has 0 aromatic carbocycles. The Kier molecular flexibility index (Phi) is 3.34. The molecule has 1 amide bonds. The number of thiophene rings is 1. The van der Waals surface area contributed by atoms with Gasteiger partial charge in [0.2, 0.25) is 0 Å². The molecule has 2 atom stereocenters. The van der Waals surface area contributed by atoms with Crippen molar-refractivity contribution in [2.75, 3.05) is 13.2 Å². The van der Waals surface area contributed by atoms with E-state index in [9.17, 15) is 4.79 Å². The third-order valence-corrected chi connectivity index (χ3v) is 5.22. The summed E-state index contributed by atoms with van der Waals surface area (Å²) in [5.41, 5.74) is 1.03. The molecule has 1 aliphatic heterocycles. The van der Waals surface area contributed by atoms with Crippen molar-refractivity contribution in [3.63, 3.8) is 0 Å². The van der Waals surface area contributed by atoms with Crippen LogP contribution in [0.15, 0.2) is 6.07 Å². The summed E-state index contributed by atoms with van der Waals surface area (Å²) in [6, 6.07) is 2.40. The zero-order chi connectivity index (χ0) is 13.4. The second-order valence-electron chi connectivity index (χ2n) is 5.37. The summed E-state index contributed by atoms with van der Waals surface area (Å²) in [5.74, 6) is 6.45. The Balaban J connectivity index is 1.80. The molecule has 100 valence electrons. The summed E-state index contributed by atoms with van der Waals surface area (Å²) < 4.78 is 0. The van der Waals surface area contributed by atoms with Crippen molar-refractivity contribution in [3.05, 3.63) is 21.4 Å². The third kappa shape index (κ3) is 2.29. The minimum Gasteiger partial charge on any atom is -0.384 e. The molecule has 1 N–H and O–H groups in total. The number of fused-ring (bicyclic) bond motifs is 2. The molecule has 3 rings (SSSR count). The number of piperidine rings is 1. The van der Waals surface area contributed by atoms with Crippen LogP contribution in [0.2, 0.25) is 0 Å². The first-order valence-corrected chi connectivity index (χ1v) is 7.52. The second-order valence-corrected chi connectivity index (χ2v) is 6.43. The number of rotatable bonds is 1. The molecule has 2 aliphatic rings. The van der Waals surface area contributed by atoms with Gasteiger partial charge in [0.1, 0.15) is 6.61 Å². The molecule has 2 bridgehead atoms. The van der Waals surface area contributed by atoms with Crippen LogP contribution < -0.4 is 0 Å². The topological polar surface area (TPSA) is 40.5 Å². The first-order chi connectivity index (χ1) is 9.19. The molecule has 4 heteroatoms. The van der Waals surface area contributed by atoms with Crippen molar-refractivity contribution in [1.82, 2.24) is 4.90 Å². The minimum absolute atomic E-state index is 0.142. The van der Waals surface area contributed by atoms with Crippen LogP contribution in [0, 0.1) is 24.7 Å². The van der Waals surface area contributed by atoms with Crippen LogP contribution in [0.4, 0.5) is 0 Å². The summed E-state index contributed by atoms with van der Waals surface area (Å²) in [7, 11) is 0. The number of hydrogen-bond donors (Lipinski definition) is 1. The summed E-state index contributed by atoms with van der Waals surface area (Å²) >= 11 is 1.45. The van der Waals surface area contributed by atoms with E-state index in [1.165, 1.54) is 24.2 Å². The van der Waals surface area contributed by atoms with E-state index in [2.05, 4.69) is 11.8 Å². The standard InChI is InChI=1S/C15H17NO2S/c1-10-7-14(19-13(10)3-2-6-17)15(18)16-9-11-4-5-12(16)8-11/h7,11-12,17H,4-6,8-9H2,1H3. The maximum absolute atomic E-state index is 12.5. The molecule has 2 unspecified atom stereocenters. The van der Waals surface area contributed by atoms with E-state index in [-0.39, 0.29) is 12.5 Å². The fourth-order valence-corrected chi connectivity index (χ4v) is 4.15. The maximum atomic E-state index is 12.5. The number of aliphatic hydroxyl groups excluding tert-OH is 1. The summed E-state index contributed by atoms with van der Waals surface area (Å²) in [5, 5.41) is 8.73. The molecule has 1 aromatic heterocycles. The molecule has 3 nitrogen and oxygen atoms in total. The maximum Gasteiger partial charge on any atom is 0.264 e. The number of likely N-dealkylation sites (tertiary alicyclic amines) is 1. The molecular weight excluding hydrogens is 258 g/mol. The van der Waals surface area contributed by atoms with E-state index in [1.807, 2.05) is 17.9 Å². The number of carbonyl (C=O) groups excluding carboxylic acids is 1.